The molecule has 5 heteroatoms. The lowest BCUT2D eigenvalue weighted by Crippen LogP contribution is -2.45. The van der Waals surface area contributed by atoms with Gasteiger partial charge in [0.25, 0.3) is 0 Å². The number of carbonyl (C=O) groups is 1. The third-order valence-electron chi connectivity index (χ3n) is 8.35. The van der Waals surface area contributed by atoms with E-state index in [1.165, 1.54) is 70.6 Å². The lowest BCUT2D eigenvalue weighted by Gasteiger charge is -2.40. The molecule has 226 valence electrons. The molecule has 1 aliphatic rings. The molecule has 0 bridgehead atoms. The number of Topliss-reactive ketones (excluding diaryl/α,β-unsaturated/α-hetero) is 1. The van der Waals surface area contributed by atoms with Crippen molar-refractivity contribution in [3.63, 3.8) is 0 Å². The first-order valence-corrected chi connectivity index (χ1v) is 18.9. The van der Waals surface area contributed by atoms with Crippen molar-refractivity contribution in [2.45, 2.75) is 168 Å². The summed E-state index contributed by atoms with van der Waals surface area (Å²) in [5, 5.41) is 0.143. The van der Waals surface area contributed by atoms with E-state index < -0.39 is 14.1 Å². The smallest absolute Gasteiger partial charge is 0.250 e. The number of rotatable bonds is 16. The number of ether oxygens (including phenoxy) is 2. The van der Waals surface area contributed by atoms with Crippen LogP contribution in [0.2, 0.25) is 18.1 Å². The van der Waals surface area contributed by atoms with Crippen molar-refractivity contribution in [1.29, 1.82) is 0 Å². The van der Waals surface area contributed by atoms with Crippen LogP contribution >= 0.6 is 0 Å². The van der Waals surface area contributed by atoms with E-state index in [0.29, 0.717) is 6.42 Å². The SMILES string of the molecule is CCCCCCCCCCCCC[C@@H]1C[C@H](CC(=O)C#Cc2ccc(O[Si](C)(C)C(C)(C)C)cc2)OC(C)(C)O1. The summed E-state index contributed by atoms with van der Waals surface area (Å²) in [6.45, 7) is 17.4. The third kappa shape index (κ3) is 13.4. The Hall–Kier alpha value is -1.61. The van der Waals surface area contributed by atoms with Crippen molar-refractivity contribution in [3.05, 3.63) is 29.8 Å². The van der Waals surface area contributed by atoms with Gasteiger partial charge in [-0.25, -0.2) is 0 Å². The highest BCUT2D eigenvalue weighted by atomic mass is 28.4. The molecule has 0 aliphatic carbocycles. The molecule has 40 heavy (non-hydrogen) atoms. The van der Waals surface area contributed by atoms with Crippen LogP contribution < -0.4 is 4.43 Å². The Balaban J connectivity index is 1.73. The highest BCUT2D eigenvalue weighted by Crippen LogP contribution is 2.37. The second kappa shape index (κ2) is 16.7. The van der Waals surface area contributed by atoms with Gasteiger partial charge in [0.05, 0.1) is 12.2 Å². The summed E-state index contributed by atoms with van der Waals surface area (Å²) in [4.78, 5) is 12.7. The predicted octanol–water partition coefficient (Wildman–Crippen LogP) is 9.99. The van der Waals surface area contributed by atoms with Gasteiger partial charge in [-0.1, -0.05) is 104 Å². The van der Waals surface area contributed by atoms with Gasteiger partial charge in [0, 0.05) is 18.4 Å². The van der Waals surface area contributed by atoms with Crippen LogP contribution in [-0.2, 0) is 14.3 Å². The Morgan fingerprint density at radius 2 is 1.43 bits per heavy atom. The molecule has 2 atom stereocenters. The highest BCUT2D eigenvalue weighted by Gasteiger charge is 2.39. The number of hydrogen-bond acceptors (Lipinski definition) is 4. The molecule has 1 fully saturated rings. The van der Waals surface area contributed by atoms with Gasteiger partial charge in [0.15, 0.2) is 5.79 Å². The van der Waals surface area contributed by atoms with Gasteiger partial charge in [0.2, 0.25) is 14.1 Å². The zero-order valence-corrected chi connectivity index (χ0v) is 28.0. The Kier molecular flexibility index (Phi) is 14.5. The van der Waals surface area contributed by atoms with Crippen molar-refractivity contribution in [3.8, 4) is 17.6 Å². The lowest BCUT2D eigenvalue weighted by atomic mass is 9.98. The quantitative estimate of drug-likeness (QED) is 0.113. The Labute approximate surface area is 247 Å². The zero-order valence-electron chi connectivity index (χ0n) is 27.0. The number of unbranched alkanes of at least 4 members (excludes halogenated alkanes) is 10. The highest BCUT2D eigenvalue weighted by molar-refractivity contribution is 6.74. The predicted molar refractivity (Wildman–Crippen MR) is 170 cm³/mol. The van der Waals surface area contributed by atoms with Gasteiger partial charge in [0.1, 0.15) is 5.75 Å². The maximum atomic E-state index is 12.7. The van der Waals surface area contributed by atoms with Crippen LogP contribution in [0.1, 0.15) is 137 Å². The molecule has 1 aromatic carbocycles. The van der Waals surface area contributed by atoms with Crippen LogP contribution in [0.3, 0.4) is 0 Å². The van der Waals surface area contributed by atoms with Crippen molar-refractivity contribution >= 4 is 14.1 Å². The number of carbonyl (C=O) groups excluding carboxylic acids is 1. The van der Waals surface area contributed by atoms with E-state index in [2.05, 4.69) is 52.6 Å². The largest absolute Gasteiger partial charge is 0.544 e. The number of benzene rings is 1. The van der Waals surface area contributed by atoms with E-state index in [1.54, 1.807) is 0 Å². The van der Waals surface area contributed by atoms with Gasteiger partial charge in [-0.15, -0.1) is 0 Å². The van der Waals surface area contributed by atoms with E-state index in [0.717, 1.165) is 24.2 Å². The number of hydrogen-bond donors (Lipinski definition) is 0. The second-order valence-electron chi connectivity index (χ2n) is 13.7. The van der Waals surface area contributed by atoms with Crippen LogP contribution in [-0.4, -0.2) is 32.1 Å². The molecule has 0 aromatic heterocycles. The standard InChI is InChI=1S/C35H58O4Si/c1-9-10-11-12-13-14-15-16-17-18-19-20-32-28-33(38-35(5,6)37-32)27-30(36)24-21-29-22-25-31(26-23-29)39-40(7,8)34(2,3)4/h22-23,25-26,32-33H,9-20,27-28H2,1-8H3/t32-,33+/m1/s1. The molecular weight excluding hydrogens is 512 g/mol. The maximum absolute atomic E-state index is 12.7. The average Bonchev–Trinajstić information content (AvgIpc) is 2.85. The van der Waals surface area contributed by atoms with Gasteiger partial charge < -0.3 is 13.9 Å². The monoisotopic (exact) mass is 570 g/mol. The second-order valence-corrected chi connectivity index (χ2v) is 18.4. The first-order valence-electron chi connectivity index (χ1n) is 16.0. The molecule has 1 aromatic rings. The van der Waals surface area contributed by atoms with Gasteiger partial charge in [-0.3, -0.25) is 4.79 Å². The molecule has 0 N–H and O–H groups in total. The van der Waals surface area contributed by atoms with Crippen LogP contribution in [0.25, 0.3) is 0 Å². The van der Waals surface area contributed by atoms with Crippen molar-refractivity contribution in [2.24, 2.45) is 0 Å². The van der Waals surface area contributed by atoms with Crippen molar-refractivity contribution in [2.75, 3.05) is 0 Å². The molecule has 0 unspecified atom stereocenters. The van der Waals surface area contributed by atoms with Gasteiger partial charge in [-0.2, -0.15) is 0 Å². The van der Waals surface area contributed by atoms with Crippen LogP contribution in [0.4, 0.5) is 0 Å². The average molecular weight is 571 g/mol. The minimum atomic E-state index is -1.88. The Morgan fingerprint density at radius 1 is 0.900 bits per heavy atom. The van der Waals surface area contributed by atoms with E-state index in [9.17, 15) is 4.79 Å². The molecule has 0 radical (unpaired) electrons. The van der Waals surface area contributed by atoms with E-state index >= 15 is 0 Å². The molecular formula is C35H58O4Si. The fraction of sp³-hybridized carbons (Fsp3) is 0.743. The summed E-state index contributed by atoms with van der Waals surface area (Å²) < 4.78 is 18.6. The van der Waals surface area contributed by atoms with E-state index in [4.69, 9.17) is 13.9 Å². The van der Waals surface area contributed by atoms with Crippen LogP contribution in [0, 0.1) is 11.8 Å². The minimum Gasteiger partial charge on any atom is -0.544 e. The summed E-state index contributed by atoms with van der Waals surface area (Å²) in [5.74, 6) is 5.97. The van der Waals surface area contributed by atoms with E-state index in [-0.39, 0.29) is 23.0 Å². The normalized spacial score (nSPS) is 19.1. The summed E-state index contributed by atoms with van der Waals surface area (Å²) in [7, 11) is -1.88. The first kappa shape index (κ1) is 34.6. The van der Waals surface area contributed by atoms with Crippen molar-refractivity contribution in [1.82, 2.24) is 0 Å². The number of ketones is 1. The molecule has 0 amide bonds. The molecule has 1 aliphatic heterocycles. The van der Waals surface area contributed by atoms with Crippen LogP contribution in [0.15, 0.2) is 24.3 Å². The molecule has 4 nitrogen and oxygen atoms in total. The summed E-state index contributed by atoms with van der Waals surface area (Å²) in [6, 6.07) is 7.78. The molecule has 0 spiro atoms. The lowest BCUT2D eigenvalue weighted by molar-refractivity contribution is -0.299. The molecule has 1 saturated heterocycles. The topological polar surface area (TPSA) is 44.8 Å². The van der Waals surface area contributed by atoms with E-state index in [1.807, 2.05) is 38.1 Å². The zero-order chi connectivity index (χ0) is 29.7. The minimum absolute atomic E-state index is 0.0854. The van der Waals surface area contributed by atoms with Crippen molar-refractivity contribution < 1.29 is 18.7 Å². The molecule has 0 saturated carbocycles. The Morgan fingerprint density at radius 3 is 1.98 bits per heavy atom. The first-order chi connectivity index (χ1) is 18.8. The molecule has 2 rings (SSSR count). The summed E-state index contributed by atoms with van der Waals surface area (Å²) in [5.41, 5.74) is 0.818. The van der Waals surface area contributed by atoms with Gasteiger partial charge >= 0.3 is 0 Å². The maximum Gasteiger partial charge on any atom is 0.250 e. The van der Waals surface area contributed by atoms with Gasteiger partial charge in [-0.05, 0) is 68.6 Å². The third-order valence-corrected chi connectivity index (χ3v) is 12.7. The summed E-state index contributed by atoms with van der Waals surface area (Å²) >= 11 is 0. The molecule has 1 heterocycles. The fourth-order valence-electron chi connectivity index (χ4n) is 5.01. The summed E-state index contributed by atoms with van der Waals surface area (Å²) in [6.07, 6.45) is 16.8. The Bertz CT molecular complexity index is 933. The van der Waals surface area contributed by atoms with Crippen LogP contribution in [0.5, 0.6) is 5.75 Å². The fourth-order valence-corrected chi connectivity index (χ4v) is 6.04.